The van der Waals surface area contributed by atoms with E-state index < -0.39 is 0 Å². The van der Waals surface area contributed by atoms with Gasteiger partial charge in [0, 0.05) is 12.1 Å². The topological polar surface area (TPSA) is 29.1 Å². The summed E-state index contributed by atoms with van der Waals surface area (Å²) in [6.07, 6.45) is 1.10. The first-order valence-corrected chi connectivity index (χ1v) is 7.85. The lowest BCUT2D eigenvalue weighted by molar-refractivity contribution is 0.0966. The van der Waals surface area contributed by atoms with Crippen molar-refractivity contribution < 1.29 is 4.79 Å². The van der Waals surface area contributed by atoms with Crippen LogP contribution in [0, 0.1) is 0 Å². The van der Waals surface area contributed by atoms with Gasteiger partial charge >= 0.3 is 0 Å². The van der Waals surface area contributed by atoms with E-state index in [4.69, 9.17) is 0 Å². The van der Waals surface area contributed by atoms with Crippen LogP contribution in [0.2, 0.25) is 0 Å². The molecular weight excluding hydrogens is 282 g/mol. The molecule has 1 N–H and O–H groups in total. The van der Waals surface area contributed by atoms with Crippen LogP contribution in [-0.2, 0) is 13.0 Å². The summed E-state index contributed by atoms with van der Waals surface area (Å²) in [5.41, 5.74) is 7.68. The molecule has 0 atom stereocenters. The first kappa shape index (κ1) is 13.8. The Morgan fingerprint density at radius 2 is 1.09 bits per heavy atom. The lowest BCUT2D eigenvalue weighted by atomic mass is 10.1. The lowest BCUT2D eigenvalue weighted by Crippen LogP contribution is -2.12. The van der Waals surface area contributed by atoms with Crippen molar-refractivity contribution in [3.05, 3.63) is 95.1 Å². The van der Waals surface area contributed by atoms with Crippen molar-refractivity contribution in [2.45, 2.75) is 13.0 Å². The van der Waals surface area contributed by atoms with Crippen LogP contribution in [0.1, 0.15) is 27.0 Å². The fourth-order valence-corrected chi connectivity index (χ4v) is 3.25. The molecule has 1 aliphatic heterocycles. The minimum atomic E-state index is 0.0515. The zero-order valence-electron chi connectivity index (χ0n) is 12.8. The number of nitrogens with one attached hydrogen (secondary N) is 1. The molecule has 0 radical (unpaired) electrons. The molecule has 0 spiro atoms. The summed E-state index contributed by atoms with van der Waals surface area (Å²) in [6, 6.07) is 24.9. The Kier molecular flexibility index (Phi) is 3.43. The quantitative estimate of drug-likeness (QED) is 0.518. The molecule has 2 nitrogen and oxygen atoms in total. The number of rotatable bonds is 0. The third-order valence-electron chi connectivity index (χ3n) is 4.41. The summed E-state index contributed by atoms with van der Waals surface area (Å²) < 4.78 is 0. The number of hydrogen-bond acceptors (Lipinski definition) is 1. The molecule has 0 saturated heterocycles. The predicted octanol–water partition coefficient (Wildman–Crippen LogP) is 4.19. The van der Waals surface area contributed by atoms with E-state index in [1.165, 1.54) is 22.3 Å². The highest BCUT2D eigenvalue weighted by Crippen LogP contribution is 2.35. The zero-order chi connectivity index (χ0) is 15.6. The summed E-state index contributed by atoms with van der Waals surface area (Å²) in [4.78, 5) is 11.0. The van der Waals surface area contributed by atoms with Crippen molar-refractivity contribution in [2.75, 3.05) is 0 Å². The summed E-state index contributed by atoms with van der Waals surface area (Å²) in [6.45, 7) is 0.689. The molecule has 2 heteroatoms. The Morgan fingerprint density at radius 1 is 0.609 bits per heavy atom. The van der Waals surface area contributed by atoms with Gasteiger partial charge in [0.2, 0.25) is 0 Å². The van der Waals surface area contributed by atoms with E-state index >= 15 is 0 Å². The van der Waals surface area contributed by atoms with E-state index in [0.717, 1.165) is 17.5 Å². The summed E-state index contributed by atoms with van der Waals surface area (Å²) in [5.74, 6) is 0.0515. The van der Waals surface area contributed by atoms with Crippen molar-refractivity contribution in [3.8, 4) is 11.1 Å². The number of fused-ring (bicyclic) bond motifs is 4. The molecule has 23 heavy (non-hydrogen) atoms. The van der Waals surface area contributed by atoms with E-state index in [0.29, 0.717) is 6.54 Å². The maximum Gasteiger partial charge on any atom is 0.251 e. The van der Waals surface area contributed by atoms with Crippen LogP contribution in [0.15, 0.2) is 72.8 Å². The van der Waals surface area contributed by atoms with Gasteiger partial charge in [-0.1, -0.05) is 66.7 Å². The molecule has 3 aromatic carbocycles. The number of benzene rings is 3. The Morgan fingerprint density at radius 3 is 1.65 bits per heavy atom. The summed E-state index contributed by atoms with van der Waals surface area (Å²) >= 11 is 0. The highest BCUT2D eigenvalue weighted by molar-refractivity contribution is 5.98. The number of amides is 1. The standard InChI is InChI=1S/C13H10.C8H7NO/c1-3-7-12-10(5-1)9-11-6-2-4-8-13(11)12;10-8-7-4-2-1-3-6(7)5-9-8/h1-8H,9H2;1-4H,5H2,(H,9,10). The molecule has 5 rings (SSSR count). The smallest absolute Gasteiger partial charge is 0.251 e. The molecule has 0 aromatic heterocycles. The van der Waals surface area contributed by atoms with Crippen molar-refractivity contribution in [2.24, 2.45) is 0 Å². The number of hydrogen-bond donors (Lipinski definition) is 1. The van der Waals surface area contributed by atoms with Crippen molar-refractivity contribution in [1.82, 2.24) is 5.32 Å². The monoisotopic (exact) mass is 299 g/mol. The minimum Gasteiger partial charge on any atom is -0.348 e. The second-order valence-corrected chi connectivity index (χ2v) is 5.83. The lowest BCUT2D eigenvalue weighted by Gasteiger charge is -1.98. The van der Waals surface area contributed by atoms with Gasteiger partial charge in [-0.2, -0.15) is 0 Å². The highest BCUT2D eigenvalue weighted by Gasteiger charge is 2.16. The second kappa shape index (κ2) is 5.73. The fraction of sp³-hybridized carbons (Fsp3) is 0.0952. The summed E-state index contributed by atoms with van der Waals surface area (Å²) in [7, 11) is 0. The molecule has 0 fully saturated rings. The first-order valence-electron chi connectivity index (χ1n) is 7.85. The molecule has 1 heterocycles. The molecular formula is C21H17NO. The molecule has 0 bridgehead atoms. The van der Waals surface area contributed by atoms with Gasteiger partial charge in [-0.05, 0) is 40.3 Å². The normalized spacial score (nSPS) is 13.3. The third kappa shape index (κ3) is 2.53. The van der Waals surface area contributed by atoms with Crippen LogP contribution in [0.5, 0.6) is 0 Å². The van der Waals surface area contributed by atoms with Gasteiger partial charge in [-0.15, -0.1) is 0 Å². The van der Waals surface area contributed by atoms with Crippen LogP contribution in [-0.4, -0.2) is 5.91 Å². The molecule has 3 aromatic rings. The van der Waals surface area contributed by atoms with Crippen LogP contribution in [0.3, 0.4) is 0 Å². The highest BCUT2D eigenvalue weighted by atomic mass is 16.1. The van der Waals surface area contributed by atoms with E-state index in [1.54, 1.807) is 0 Å². The Balaban J connectivity index is 0.000000122. The molecule has 0 saturated carbocycles. The molecule has 1 amide bonds. The van der Waals surface area contributed by atoms with Gasteiger partial charge in [0.15, 0.2) is 0 Å². The molecule has 0 unspecified atom stereocenters. The van der Waals surface area contributed by atoms with Gasteiger partial charge in [0.05, 0.1) is 0 Å². The molecule has 112 valence electrons. The van der Waals surface area contributed by atoms with E-state index in [-0.39, 0.29) is 5.91 Å². The van der Waals surface area contributed by atoms with Gasteiger partial charge < -0.3 is 5.32 Å². The Hall–Kier alpha value is -2.87. The fourth-order valence-electron chi connectivity index (χ4n) is 3.25. The largest absolute Gasteiger partial charge is 0.348 e. The van der Waals surface area contributed by atoms with Crippen LogP contribution >= 0.6 is 0 Å². The predicted molar refractivity (Wildman–Crippen MR) is 92.3 cm³/mol. The van der Waals surface area contributed by atoms with E-state index in [9.17, 15) is 4.79 Å². The van der Waals surface area contributed by atoms with Gasteiger partial charge in [0.25, 0.3) is 5.91 Å². The average molecular weight is 299 g/mol. The van der Waals surface area contributed by atoms with Crippen molar-refractivity contribution >= 4 is 5.91 Å². The van der Waals surface area contributed by atoms with Crippen LogP contribution in [0.25, 0.3) is 11.1 Å². The number of carbonyl (C=O) groups excluding carboxylic acids is 1. The average Bonchev–Trinajstić information content (AvgIpc) is 3.17. The van der Waals surface area contributed by atoms with Crippen LogP contribution in [0.4, 0.5) is 0 Å². The van der Waals surface area contributed by atoms with Gasteiger partial charge in [0.1, 0.15) is 0 Å². The number of carbonyl (C=O) groups is 1. The minimum absolute atomic E-state index is 0.0515. The Labute approximate surface area is 135 Å². The second-order valence-electron chi connectivity index (χ2n) is 5.83. The summed E-state index contributed by atoms with van der Waals surface area (Å²) in [5, 5.41) is 2.75. The van der Waals surface area contributed by atoms with Crippen LogP contribution < -0.4 is 5.32 Å². The molecule has 2 aliphatic rings. The molecule has 1 aliphatic carbocycles. The first-order chi connectivity index (χ1) is 11.3. The van der Waals surface area contributed by atoms with Crippen molar-refractivity contribution in [1.29, 1.82) is 0 Å². The van der Waals surface area contributed by atoms with E-state index in [2.05, 4.69) is 53.8 Å². The maximum absolute atomic E-state index is 11.0. The third-order valence-corrected chi connectivity index (χ3v) is 4.41. The SMILES string of the molecule is O=C1NCc2ccccc21.c1ccc2c(c1)Cc1ccccc1-2. The van der Waals surface area contributed by atoms with Gasteiger partial charge in [-0.25, -0.2) is 0 Å². The van der Waals surface area contributed by atoms with Gasteiger partial charge in [-0.3, -0.25) is 4.79 Å². The Bertz CT molecular complexity index is 839. The maximum atomic E-state index is 11.0. The van der Waals surface area contributed by atoms with E-state index in [1.807, 2.05) is 24.3 Å². The van der Waals surface area contributed by atoms with Crippen molar-refractivity contribution in [3.63, 3.8) is 0 Å². The zero-order valence-corrected chi connectivity index (χ0v) is 12.8.